The van der Waals surface area contributed by atoms with E-state index in [4.69, 9.17) is 11.6 Å². The van der Waals surface area contributed by atoms with Crippen molar-refractivity contribution in [2.75, 3.05) is 0 Å². The molecule has 0 saturated carbocycles. The summed E-state index contributed by atoms with van der Waals surface area (Å²) >= 11 is 5.84. The molecule has 0 aromatic heterocycles. The standard InChI is InChI=1S/C9H10ClNO2/c1-3-7-4-6(2)9(11(12)13)5-8(7)10/h4-5H,3H2,1-2H3. The van der Waals surface area contributed by atoms with Gasteiger partial charge in [-0.05, 0) is 25.0 Å². The van der Waals surface area contributed by atoms with Crippen LogP contribution in [0.1, 0.15) is 18.1 Å². The Bertz CT molecular complexity index is 350. The summed E-state index contributed by atoms with van der Waals surface area (Å²) < 4.78 is 0. The summed E-state index contributed by atoms with van der Waals surface area (Å²) in [5.41, 5.74) is 1.69. The molecule has 0 aliphatic heterocycles. The molecule has 0 spiro atoms. The lowest BCUT2D eigenvalue weighted by molar-refractivity contribution is -0.385. The van der Waals surface area contributed by atoms with Gasteiger partial charge in [-0.2, -0.15) is 0 Å². The van der Waals surface area contributed by atoms with Crippen LogP contribution in [-0.2, 0) is 6.42 Å². The molecule has 1 aromatic carbocycles. The topological polar surface area (TPSA) is 43.1 Å². The fourth-order valence-corrected chi connectivity index (χ4v) is 1.49. The summed E-state index contributed by atoms with van der Waals surface area (Å²) in [7, 11) is 0. The van der Waals surface area contributed by atoms with Gasteiger partial charge in [-0.25, -0.2) is 0 Å². The van der Waals surface area contributed by atoms with Crippen LogP contribution >= 0.6 is 11.6 Å². The normalized spacial score (nSPS) is 10.1. The Morgan fingerprint density at radius 2 is 2.15 bits per heavy atom. The third-order valence-corrected chi connectivity index (χ3v) is 2.29. The Hall–Kier alpha value is -1.09. The van der Waals surface area contributed by atoms with E-state index in [-0.39, 0.29) is 5.69 Å². The van der Waals surface area contributed by atoms with E-state index in [9.17, 15) is 10.1 Å². The smallest absolute Gasteiger partial charge is 0.258 e. The first-order valence-corrected chi connectivity index (χ1v) is 4.37. The van der Waals surface area contributed by atoms with Crippen molar-refractivity contribution in [3.8, 4) is 0 Å². The largest absolute Gasteiger partial charge is 0.273 e. The van der Waals surface area contributed by atoms with Crippen LogP contribution in [0.4, 0.5) is 5.69 Å². The first-order valence-electron chi connectivity index (χ1n) is 3.99. The Balaban J connectivity index is 3.28. The first kappa shape index (κ1) is 9.99. The molecule has 0 saturated heterocycles. The Labute approximate surface area is 81.5 Å². The van der Waals surface area contributed by atoms with Gasteiger partial charge >= 0.3 is 0 Å². The van der Waals surface area contributed by atoms with Gasteiger partial charge in [0.2, 0.25) is 0 Å². The maximum absolute atomic E-state index is 10.5. The molecule has 0 heterocycles. The fourth-order valence-electron chi connectivity index (χ4n) is 1.20. The molecule has 13 heavy (non-hydrogen) atoms. The summed E-state index contributed by atoms with van der Waals surface area (Å²) in [5.74, 6) is 0. The molecule has 0 radical (unpaired) electrons. The Kier molecular flexibility index (Phi) is 2.88. The van der Waals surface area contributed by atoms with Gasteiger partial charge in [0.25, 0.3) is 5.69 Å². The average Bonchev–Trinajstić information content (AvgIpc) is 2.07. The lowest BCUT2D eigenvalue weighted by atomic mass is 10.1. The van der Waals surface area contributed by atoms with E-state index in [1.807, 2.05) is 6.92 Å². The number of halogens is 1. The van der Waals surface area contributed by atoms with Crippen LogP contribution in [0.25, 0.3) is 0 Å². The molecule has 0 fully saturated rings. The molecule has 0 atom stereocenters. The molecule has 0 aliphatic carbocycles. The molecular formula is C9H10ClNO2. The zero-order valence-corrected chi connectivity index (χ0v) is 8.26. The van der Waals surface area contributed by atoms with E-state index >= 15 is 0 Å². The van der Waals surface area contributed by atoms with Crippen LogP contribution < -0.4 is 0 Å². The van der Waals surface area contributed by atoms with Gasteiger partial charge < -0.3 is 0 Å². The predicted octanol–water partition coefficient (Wildman–Crippen LogP) is 3.12. The van der Waals surface area contributed by atoms with Crippen molar-refractivity contribution in [2.24, 2.45) is 0 Å². The van der Waals surface area contributed by atoms with E-state index in [0.29, 0.717) is 10.6 Å². The maximum atomic E-state index is 10.5. The zero-order chi connectivity index (χ0) is 10.0. The lowest BCUT2D eigenvalue weighted by Crippen LogP contribution is -1.94. The van der Waals surface area contributed by atoms with Crippen molar-refractivity contribution in [3.05, 3.63) is 38.4 Å². The Morgan fingerprint density at radius 1 is 1.54 bits per heavy atom. The van der Waals surface area contributed by atoms with Crippen molar-refractivity contribution in [1.29, 1.82) is 0 Å². The number of hydrogen-bond acceptors (Lipinski definition) is 2. The van der Waals surface area contributed by atoms with Crippen molar-refractivity contribution in [1.82, 2.24) is 0 Å². The van der Waals surface area contributed by atoms with Crippen molar-refractivity contribution in [3.63, 3.8) is 0 Å². The van der Waals surface area contributed by atoms with Gasteiger partial charge in [-0.3, -0.25) is 10.1 Å². The van der Waals surface area contributed by atoms with Gasteiger partial charge in [0.05, 0.1) is 9.95 Å². The summed E-state index contributed by atoms with van der Waals surface area (Å²) in [6.45, 7) is 3.68. The molecule has 4 heteroatoms. The molecule has 3 nitrogen and oxygen atoms in total. The van der Waals surface area contributed by atoms with Crippen molar-refractivity contribution >= 4 is 17.3 Å². The zero-order valence-electron chi connectivity index (χ0n) is 7.50. The van der Waals surface area contributed by atoms with Crippen LogP contribution in [0.3, 0.4) is 0 Å². The minimum Gasteiger partial charge on any atom is -0.258 e. The second-order valence-corrected chi connectivity index (χ2v) is 3.25. The van der Waals surface area contributed by atoms with Crippen LogP contribution in [0.2, 0.25) is 5.02 Å². The molecule has 0 unspecified atom stereocenters. The monoisotopic (exact) mass is 199 g/mol. The second-order valence-electron chi connectivity index (χ2n) is 2.84. The minimum atomic E-state index is -0.416. The number of nitrogens with zero attached hydrogens (tertiary/aromatic N) is 1. The maximum Gasteiger partial charge on any atom is 0.273 e. The summed E-state index contributed by atoms with van der Waals surface area (Å²) in [5, 5.41) is 11.0. The highest BCUT2D eigenvalue weighted by molar-refractivity contribution is 6.31. The molecule has 0 bridgehead atoms. The van der Waals surface area contributed by atoms with Gasteiger partial charge in [0.1, 0.15) is 0 Å². The molecule has 1 aromatic rings. The Morgan fingerprint density at radius 3 is 2.62 bits per heavy atom. The second kappa shape index (κ2) is 3.75. The SMILES string of the molecule is CCc1cc(C)c([N+](=O)[O-])cc1Cl. The van der Waals surface area contributed by atoms with Gasteiger partial charge in [-0.15, -0.1) is 0 Å². The van der Waals surface area contributed by atoms with Crippen LogP contribution in [0, 0.1) is 17.0 Å². The predicted molar refractivity (Wildman–Crippen MR) is 52.2 cm³/mol. The lowest BCUT2D eigenvalue weighted by Gasteiger charge is -2.03. The van der Waals surface area contributed by atoms with E-state index in [1.54, 1.807) is 13.0 Å². The van der Waals surface area contributed by atoms with E-state index in [2.05, 4.69) is 0 Å². The van der Waals surface area contributed by atoms with Crippen LogP contribution in [-0.4, -0.2) is 4.92 Å². The van der Waals surface area contributed by atoms with Gasteiger partial charge in [-0.1, -0.05) is 18.5 Å². The first-order chi connectivity index (χ1) is 6.06. The highest BCUT2D eigenvalue weighted by atomic mass is 35.5. The molecule has 0 N–H and O–H groups in total. The van der Waals surface area contributed by atoms with Crippen LogP contribution in [0.5, 0.6) is 0 Å². The number of nitro groups is 1. The molecule has 70 valence electrons. The van der Waals surface area contributed by atoms with Crippen molar-refractivity contribution in [2.45, 2.75) is 20.3 Å². The molecular weight excluding hydrogens is 190 g/mol. The molecule has 1 rings (SSSR count). The van der Waals surface area contributed by atoms with Crippen LogP contribution in [0.15, 0.2) is 12.1 Å². The fraction of sp³-hybridized carbons (Fsp3) is 0.333. The molecule has 0 aliphatic rings. The minimum absolute atomic E-state index is 0.0854. The van der Waals surface area contributed by atoms with E-state index < -0.39 is 4.92 Å². The van der Waals surface area contributed by atoms with Gasteiger partial charge in [0.15, 0.2) is 0 Å². The van der Waals surface area contributed by atoms with Gasteiger partial charge in [0, 0.05) is 11.6 Å². The number of rotatable bonds is 2. The number of hydrogen-bond donors (Lipinski definition) is 0. The van der Waals surface area contributed by atoms with E-state index in [0.717, 1.165) is 12.0 Å². The highest BCUT2D eigenvalue weighted by Gasteiger charge is 2.12. The number of aryl methyl sites for hydroxylation is 2. The molecule has 0 amide bonds. The average molecular weight is 200 g/mol. The third-order valence-electron chi connectivity index (χ3n) is 1.94. The number of benzene rings is 1. The van der Waals surface area contributed by atoms with Crippen molar-refractivity contribution < 1.29 is 4.92 Å². The summed E-state index contributed by atoms with van der Waals surface area (Å²) in [4.78, 5) is 10.1. The summed E-state index contributed by atoms with van der Waals surface area (Å²) in [6.07, 6.45) is 0.789. The third kappa shape index (κ3) is 1.98. The summed E-state index contributed by atoms with van der Waals surface area (Å²) in [6, 6.07) is 3.18. The highest BCUT2D eigenvalue weighted by Crippen LogP contribution is 2.26. The quantitative estimate of drug-likeness (QED) is 0.543. The number of nitro benzene ring substituents is 1. The van der Waals surface area contributed by atoms with E-state index in [1.165, 1.54) is 6.07 Å².